The minimum atomic E-state index is -3.33. The summed E-state index contributed by atoms with van der Waals surface area (Å²) in [6.45, 7) is 1.80. The van der Waals surface area contributed by atoms with Crippen LogP contribution in [0.3, 0.4) is 0 Å². The van der Waals surface area contributed by atoms with Crippen LogP contribution in [0.4, 0.5) is 5.69 Å². The number of benzene rings is 1. The predicted octanol–water partition coefficient (Wildman–Crippen LogP) is 2.18. The highest BCUT2D eigenvalue weighted by Crippen LogP contribution is 2.24. The first-order valence-corrected chi connectivity index (χ1v) is 10.5. The Balaban J connectivity index is 1.67. The molecule has 2 fully saturated rings. The Morgan fingerprint density at radius 1 is 1.08 bits per heavy atom. The van der Waals surface area contributed by atoms with Crippen molar-refractivity contribution in [2.45, 2.75) is 56.7 Å². The lowest BCUT2D eigenvalue weighted by atomic mass is 10.1. The molecule has 0 bridgehead atoms. The fourth-order valence-electron chi connectivity index (χ4n) is 3.58. The maximum absolute atomic E-state index is 12.3. The molecule has 2 amide bonds. The molecule has 2 aliphatic rings. The van der Waals surface area contributed by atoms with E-state index in [2.05, 4.69) is 10.6 Å². The van der Waals surface area contributed by atoms with Gasteiger partial charge in [0.25, 0.3) is 5.91 Å². The van der Waals surface area contributed by atoms with Crippen molar-refractivity contribution in [3.63, 3.8) is 0 Å². The maximum Gasteiger partial charge on any atom is 0.251 e. The van der Waals surface area contributed by atoms with Crippen LogP contribution in [0.5, 0.6) is 0 Å². The van der Waals surface area contributed by atoms with Crippen LogP contribution in [0.15, 0.2) is 18.2 Å². The molecule has 1 aromatic rings. The van der Waals surface area contributed by atoms with Gasteiger partial charge in [-0.05, 0) is 56.4 Å². The van der Waals surface area contributed by atoms with Gasteiger partial charge in [0.05, 0.1) is 5.75 Å². The number of anilines is 1. The van der Waals surface area contributed by atoms with Gasteiger partial charge >= 0.3 is 0 Å². The molecular weight excluding hydrogens is 340 g/mol. The average Bonchev–Trinajstić information content (AvgIpc) is 3.18. The number of nitrogens with one attached hydrogen (secondary N) is 2. The van der Waals surface area contributed by atoms with Gasteiger partial charge < -0.3 is 10.6 Å². The smallest absolute Gasteiger partial charge is 0.251 e. The van der Waals surface area contributed by atoms with Gasteiger partial charge in [-0.25, -0.2) is 8.42 Å². The number of carbonyl (C=O) groups is 2. The van der Waals surface area contributed by atoms with E-state index in [1.165, 1.54) is 0 Å². The maximum atomic E-state index is 12.3. The van der Waals surface area contributed by atoms with Gasteiger partial charge in [-0.15, -0.1) is 0 Å². The molecule has 25 heavy (non-hydrogen) atoms. The summed E-state index contributed by atoms with van der Waals surface area (Å²) < 4.78 is 23.7. The first-order valence-electron chi connectivity index (χ1n) is 8.81. The molecule has 1 aromatic carbocycles. The fourth-order valence-corrected chi connectivity index (χ4v) is 5.35. The summed E-state index contributed by atoms with van der Waals surface area (Å²) in [6, 6.07) is 5.30. The number of sulfone groups is 1. The van der Waals surface area contributed by atoms with Crippen molar-refractivity contribution < 1.29 is 18.0 Å². The van der Waals surface area contributed by atoms with Crippen molar-refractivity contribution >= 4 is 27.3 Å². The van der Waals surface area contributed by atoms with Crippen LogP contribution in [0, 0.1) is 6.92 Å². The second-order valence-electron chi connectivity index (χ2n) is 6.97. The lowest BCUT2D eigenvalue weighted by Crippen LogP contribution is -2.33. The summed E-state index contributed by atoms with van der Waals surface area (Å²) >= 11 is 0. The Kier molecular flexibility index (Phi) is 5.13. The van der Waals surface area contributed by atoms with Gasteiger partial charge in [0.1, 0.15) is 5.25 Å². The van der Waals surface area contributed by atoms with E-state index < -0.39 is 21.0 Å². The number of amides is 2. The monoisotopic (exact) mass is 364 g/mol. The van der Waals surface area contributed by atoms with Crippen molar-refractivity contribution in [3.8, 4) is 0 Å². The largest absolute Gasteiger partial charge is 0.349 e. The van der Waals surface area contributed by atoms with Crippen LogP contribution in [0.25, 0.3) is 0 Å². The second-order valence-corrected chi connectivity index (χ2v) is 9.27. The van der Waals surface area contributed by atoms with Crippen LogP contribution in [0.2, 0.25) is 0 Å². The molecule has 2 N–H and O–H groups in total. The SMILES string of the molecule is Cc1cc(C(=O)NC2CCCC2)ccc1NC(=O)C1CCCS1(=O)=O. The molecule has 1 saturated carbocycles. The van der Waals surface area contributed by atoms with Crippen molar-refractivity contribution in [1.82, 2.24) is 5.32 Å². The predicted molar refractivity (Wildman–Crippen MR) is 96.3 cm³/mol. The second kappa shape index (κ2) is 7.15. The Bertz CT molecular complexity index is 782. The zero-order chi connectivity index (χ0) is 18.0. The number of aryl methyl sites for hydroxylation is 1. The molecule has 1 aliphatic carbocycles. The third kappa shape index (κ3) is 4.03. The molecule has 7 heteroatoms. The average molecular weight is 364 g/mol. The summed E-state index contributed by atoms with van der Waals surface area (Å²) in [5.41, 5.74) is 1.84. The molecule has 1 atom stereocenters. The summed E-state index contributed by atoms with van der Waals surface area (Å²) in [5, 5.41) is 4.77. The Morgan fingerprint density at radius 3 is 2.40 bits per heavy atom. The molecule has 0 aromatic heterocycles. The minimum Gasteiger partial charge on any atom is -0.349 e. The van der Waals surface area contributed by atoms with Crippen LogP contribution < -0.4 is 10.6 Å². The molecule has 0 radical (unpaired) electrons. The van der Waals surface area contributed by atoms with E-state index in [9.17, 15) is 18.0 Å². The molecule has 1 aliphatic heterocycles. The third-order valence-electron chi connectivity index (χ3n) is 5.06. The van der Waals surface area contributed by atoms with E-state index >= 15 is 0 Å². The number of rotatable bonds is 4. The van der Waals surface area contributed by atoms with Gasteiger partial charge in [-0.1, -0.05) is 12.8 Å². The summed E-state index contributed by atoms with van der Waals surface area (Å²) in [4.78, 5) is 24.6. The van der Waals surface area contributed by atoms with E-state index in [-0.39, 0.29) is 17.7 Å². The quantitative estimate of drug-likeness (QED) is 0.856. The molecule has 1 unspecified atom stereocenters. The van der Waals surface area contributed by atoms with Crippen LogP contribution in [0.1, 0.15) is 54.4 Å². The topological polar surface area (TPSA) is 92.3 Å². The van der Waals surface area contributed by atoms with Gasteiger partial charge in [0, 0.05) is 17.3 Å². The Labute approximate surface area is 148 Å². The fraction of sp³-hybridized carbons (Fsp3) is 0.556. The van der Waals surface area contributed by atoms with Crippen molar-refractivity contribution in [1.29, 1.82) is 0 Å². The normalized spacial score (nSPS) is 22.7. The zero-order valence-corrected chi connectivity index (χ0v) is 15.2. The summed E-state index contributed by atoms with van der Waals surface area (Å²) in [6.07, 6.45) is 5.25. The van der Waals surface area contributed by atoms with Crippen molar-refractivity contribution in [2.75, 3.05) is 11.1 Å². The van der Waals surface area contributed by atoms with Crippen LogP contribution in [-0.2, 0) is 14.6 Å². The first kappa shape index (κ1) is 17.9. The molecule has 1 saturated heterocycles. The van der Waals surface area contributed by atoms with Crippen LogP contribution >= 0.6 is 0 Å². The first-order chi connectivity index (χ1) is 11.9. The van der Waals surface area contributed by atoms with Gasteiger partial charge in [0.15, 0.2) is 9.84 Å². The van der Waals surface area contributed by atoms with Crippen molar-refractivity contribution in [3.05, 3.63) is 29.3 Å². The molecule has 3 rings (SSSR count). The van der Waals surface area contributed by atoms with Crippen LogP contribution in [-0.4, -0.2) is 37.3 Å². The van der Waals surface area contributed by atoms with E-state index in [4.69, 9.17) is 0 Å². The number of hydrogen-bond donors (Lipinski definition) is 2. The van der Waals surface area contributed by atoms with E-state index in [1.807, 2.05) is 0 Å². The van der Waals surface area contributed by atoms with Gasteiger partial charge in [-0.3, -0.25) is 9.59 Å². The Hall–Kier alpha value is -1.89. The lowest BCUT2D eigenvalue weighted by molar-refractivity contribution is -0.115. The molecule has 136 valence electrons. The molecule has 6 nitrogen and oxygen atoms in total. The van der Waals surface area contributed by atoms with E-state index in [0.717, 1.165) is 31.2 Å². The minimum absolute atomic E-state index is 0.0738. The standard InChI is InChI=1S/C18H24N2O4S/c1-12-11-13(17(21)19-14-5-2-3-6-14)8-9-15(12)20-18(22)16-7-4-10-25(16,23)24/h8-9,11,14,16H,2-7,10H2,1H3,(H,19,21)(H,20,22). The number of hydrogen-bond acceptors (Lipinski definition) is 4. The van der Waals surface area contributed by atoms with E-state index in [0.29, 0.717) is 24.1 Å². The Morgan fingerprint density at radius 2 is 1.80 bits per heavy atom. The third-order valence-corrected chi connectivity index (χ3v) is 7.23. The van der Waals surface area contributed by atoms with Crippen molar-refractivity contribution in [2.24, 2.45) is 0 Å². The lowest BCUT2D eigenvalue weighted by Gasteiger charge is -2.15. The molecular formula is C18H24N2O4S. The van der Waals surface area contributed by atoms with Gasteiger partial charge in [-0.2, -0.15) is 0 Å². The highest BCUT2D eigenvalue weighted by molar-refractivity contribution is 7.93. The highest BCUT2D eigenvalue weighted by atomic mass is 32.2. The molecule has 1 heterocycles. The van der Waals surface area contributed by atoms with Gasteiger partial charge in [0.2, 0.25) is 5.91 Å². The summed E-state index contributed by atoms with van der Waals surface area (Å²) in [7, 11) is -3.33. The number of carbonyl (C=O) groups excluding carboxylic acids is 2. The van der Waals surface area contributed by atoms with E-state index in [1.54, 1.807) is 25.1 Å². The summed E-state index contributed by atoms with van der Waals surface area (Å²) in [5.74, 6) is -0.514. The zero-order valence-electron chi connectivity index (χ0n) is 14.4. The highest BCUT2D eigenvalue weighted by Gasteiger charge is 2.37. The molecule has 0 spiro atoms.